The Morgan fingerprint density at radius 1 is 1.10 bits per heavy atom. The number of nitrogens with one attached hydrogen (secondary N) is 1. The summed E-state index contributed by atoms with van der Waals surface area (Å²) in [5.74, 6) is 0.767. The second kappa shape index (κ2) is 9.45. The van der Waals surface area contributed by atoms with Gasteiger partial charge in [-0.05, 0) is 44.5 Å². The molecule has 0 saturated carbocycles. The average Bonchev–Trinajstić information content (AvgIpc) is 3.09. The van der Waals surface area contributed by atoms with Crippen LogP contribution in [-0.4, -0.2) is 53.2 Å². The minimum Gasteiger partial charge on any atom is -0.379 e. The van der Waals surface area contributed by atoms with Crippen LogP contribution in [0, 0.1) is 20.8 Å². The first-order chi connectivity index (χ1) is 15.0. The molecule has 162 valence electrons. The molecule has 1 N–H and O–H groups in total. The van der Waals surface area contributed by atoms with E-state index in [1.807, 2.05) is 42.7 Å². The summed E-state index contributed by atoms with van der Waals surface area (Å²) in [5, 5.41) is 3.19. The zero-order valence-electron chi connectivity index (χ0n) is 18.5. The first kappa shape index (κ1) is 21.3. The van der Waals surface area contributed by atoms with Crippen molar-refractivity contribution >= 4 is 5.91 Å². The molecule has 6 nitrogen and oxygen atoms in total. The van der Waals surface area contributed by atoms with Crippen molar-refractivity contribution in [2.24, 2.45) is 0 Å². The van der Waals surface area contributed by atoms with Crippen LogP contribution in [0.2, 0.25) is 0 Å². The molecule has 2 aromatic heterocycles. The number of aromatic nitrogens is 2. The van der Waals surface area contributed by atoms with Gasteiger partial charge in [-0.2, -0.15) is 0 Å². The number of rotatable bonds is 6. The Hall–Kier alpha value is -2.96. The Morgan fingerprint density at radius 2 is 1.90 bits per heavy atom. The van der Waals surface area contributed by atoms with E-state index in [1.54, 1.807) is 6.20 Å². The molecule has 31 heavy (non-hydrogen) atoms. The quantitative estimate of drug-likeness (QED) is 0.665. The lowest BCUT2D eigenvalue weighted by Gasteiger charge is -2.35. The molecule has 3 aromatic rings. The van der Waals surface area contributed by atoms with Crippen LogP contribution in [0.25, 0.3) is 5.82 Å². The Morgan fingerprint density at radius 3 is 2.61 bits per heavy atom. The third kappa shape index (κ3) is 4.70. The number of ether oxygens (including phenoxy) is 1. The number of hydrogen-bond acceptors (Lipinski definition) is 4. The molecule has 1 unspecified atom stereocenters. The van der Waals surface area contributed by atoms with Crippen LogP contribution in [0.5, 0.6) is 0 Å². The first-order valence-electron chi connectivity index (χ1n) is 10.8. The molecule has 1 aromatic carbocycles. The summed E-state index contributed by atoms with van der Waals surface area (Å²) in [7, 11) is 0. The van der Waals surface area contributed by atoms with Crippen molar-refractivity contribution in [1.29, 1.82) is 0 Å². The van der Waals surface area contributed by atoms with Crippen molar-refractivity contribution in [2.45, 2.75) is 26.8 Å². The summed E-state index contributed by atoms with van der Waals surface area (Å²) in [6.07, 6.45) is 1.77. The fourth-order valence-electron chi connectivity index (χ4n) is 4.34. The number of nitrogens with zero attached hydrogens (tertiary/aromatic N) is 3. The Bertz CT molecular complexity index is 1040. The molecule has 1 fully saturated rings. The minimum atomic E-state index is -0.0545. The lowest BCUT2D eigenvalue weighted by Crippen LogP contribution is -2.43. The fourth-order valence-corrected chi connectivity index (χ4v) is 4.34. The predicted molar refractivity (Wildman–Crippen MR) is 122 cm³/mol. The Kier molecular flexibility index (Phi) is 6.49. The molecule has 1 aliphatic heterocycles. The molecule has 0 bridgehead atoms. The van der Waals surface area contributed by atoms with Crippen molar-refractivity contribution in [3.8, 4) is 5.82 Å². The maximum atomic E-state index is 13.2. The van der Waals surface area contributed by atoms with Gasteiger partial charge in [0, 0.05) is 37.2 Å². The van der Waals surface area contributed by atoms with Crippen LogP contribution in [0.4, 0.5) is 0 Å². The van der Waals surface area contributed by atoms with Crippen molar-refractivity contribution in [3.05, 3.63) is 82.8 Å². The number of morpholine rings is 1. The molecule has 1 aliphatic rings. The van der Waals surface area contributed by atoms with Gasteiger partial charge in [0.25, 0.3) is 5.91 Å². The third-order valence-electron chi connectivity index (χ3n) is 5.92. The van der Waals surface area contributed by atoms with Gasteiger partial charge < -0.3 is 14.6 Å². The van der Waals surface area contributed by atoms with Gasteiger partial charge >= 0.3 is 0 Å². The van der Waals surface area contributed by atoms with Crippen molar-refractivity contribution in [3.63, 3.8) is 0 Å². The summed E-state index contributed by atoms with van der Waals surface area (Å²) in [5.41, 5.74) is 5.02. The maximum Gasteiger partial charge on any atom is 0.253 e. The zero-order chi connectivity index (χ0) is 21.8. The minimum absolute atomic E-state index is 0.0545. The van der Waals surface area contributed by atoms with E-state index in [0.29, 0.717) is 12.1 Å². The van der Waals surface area contributed by atoms with Crippen LogP contribution in [0.1, 0.15) is 38.9 Å². The summed E-state index contributed by atoms with van der Waals surface area (Å²) < 4.78 is 7.56. The largest absolute Gasteiger partial charge is 0.379 e. The molecule has 4 rings (SSSR count). The van der Waals surface area contributed by atoms with E-state index in [9.17, 15) is 4.79 Å². The smallest absolute Gasteiger partial charge is 0.253 e. The van der Waals surface area contributed by atoms with Gasteiger partial charge in [0.05, 0.1) is 24.8 Å². The van der Waals surface area contributed by atoms with Crippen LogP contribution in [-0.2, 0) is 4.74 Å². The fraction of sp³-hybridized carbons (Fsp3) is 0.360. The van der Waals surface area contributed by atoms with Gasteiger partial charge in [-0.25, -0.2) is 4.98 Å². The summed E-state index contributed by atoms with van der Waals surface area (Å²) in [4.78, 5) is 20.0. The molecule has 1 saturated heterocycles. The Labute approximate surface area is 183 Å². The molecular formula is C25H30N4O2. The van der Waals surface area contributed by atoms with E-state index < -0.39 is 0 Å². The van der Waals surface area contributed by atoms with Crippen molar-refractivity contribution in [1.82, 2.24) is 19.8 Å². The van der Waals surface area contributed by atoms with Gasteiger partial charge in [0.2, 0.25) is 0 Å². The van der Waals surface area contributed by atoms with E-state index in [2.05, 4.69) is 46.4 Å². The monoisotopic (exact) mass is 418 g/mol. The number of amides is 1. The highest BCUT2D eigenvalue weighted by molar-refractivity contribution is 5.95. The molecule has 1 atom stereocenters. The number of aryl methyl sites for hydroxylation is 2. The molecule has 0 spiro atoms. The molecule has 6 heteroatoms. The number of carbonyl (C=O) groups excluding carboxylic acids is 1. The molecule has 1 amide bonds. The number of benzene rings is 1. The topological polar surface area (TPSA) is 59.4 Å². The third-order valence-corrected chi connectivity index (χ3v) is 5.92. The molecule has 0 radical (unpaired) electrons. The number of hydrogen-bond donors (Lipinski definition) is 1. The zero-order valence-corrected chi connectivity index (χ0v) is 18.5. The van der Waals surface area contributed by atoms with Crippen LogP contribution < -0.4 is 5.32 Å². The van der Waals surface area contributed by atoms with Crippen LogP contribution in [0.15, 0.2) is 54.7 Å². The van der Waals surface area contributed by atoms with Gasteiger partial charge in [-0.1, -0.05) is 35.9 Å². The lowest BCUT2D eigenvalue weighted by atomic mass is 10.0. The van der Waals surface area contributed by atoms with Crippen molar-refractivity contribution < 1.29 is 9.53 Å². The first-order valence-corrected chi connectivity index (χ1v) is 10.8. The number of carbonyl (C=O) groups is 1. The van der Waals surface area contributed by atoms with E-state index in [0.717, 1.165) is 43.5 Å². The number of pyridine rings is 1. The van der Waals surface area contributed by atoms with Gasteiger partial charge in [0.15, 0.2) is 0 Å². The van der Waals surface area contributed by atoms with Crippen LogP contribution >= 0.6 is 0 Å². The summed E-state index contributed by atoms with van der Waals surface area (Å²) in [6.45, 7) is 9.80. The Balaban J connectivity index is 1.54. The average molecular weight is 419 g/mol. The normalized spacial score (nSPS) is 15.6. The van der Waals surface area contributed by atoms with Gasteiger partial charge in [-0.3, -0.25) is 9.69 Å². The summed E-state index contributed by atoms with van der Waals surface area (Å²) in [6, 6.07) is 16.4. The van der Waals surface area contributed by atoms with E-state index in [1.165, 1.54) is 11.1 Å². The van der Waals surface area contributed by atoms with Crippen molar-refractivity contribution in [2.75, 3.05) is 32.8 Å². The second-order valence-corrected chi connectivity index (χ2v) is 8.10. The lowest BCUT2D eigenvalue weighted by molar-refractivity contribution is 0.0162. The van der Waals surface area contributed by atoms with Gasteiger partial charge in [-0.15, -0.1) is 0 Å². The molecule has 0 aliphatic carbocycles. The standard InChI is InChI=1S/C25H30N4O2/c1-18-7-6-8-21(15-18)23(28-11-13-31-14-12-28)17-27-25(30)22-16-19(2)29(20(22)3)24-9-4-5-10-26-24/h4-10,15-16,23H,11-14,17H2,1-3H3,(H,27,30). The van der Waals surface area contributed by atoms with Gasteiger partial charge in [0.1, 0.15) is 5.82 Å². The second-order valence-electron chi connectivity index (χ2n) is 8.10. The highest BCUT2D eigenvalue weighted by atomic mass is 16.5. The highest BCUT2D eigenvalue weighted by Gasteiger charge is 2.24. The molecular weight excluding hydrogens is 388 g/mol. The SMILES string of the molecule is Cc1cccc(C(CNC(=O)c2cc(C)n(-c3ccccn3)c2C)N2CCOCC2)c1. The van der Waals surface area contributed by atoms with E-state index in [4.69, 9.17) is 4.74 Å². The van der Waals surface area contributed by atoms with Crippen LogP contribution in [0.3, 0.4) is 0 Å². The summed E-state index contributed by atoms with van der Waals surface area (Å²) >= 11 is 0. The molecule has 3 heterocycles. The predicted octanol–water partition coefficient (Wildman–Crippen LogP) is 3.60. The maximum absolute atomic E-state index is 13.2. The van der Waals surface area contributed by atoms with E-state index >= 15 is 0 Å². The van der Waals surface area contributed by atoms with E-state index in [-0.39, 0.29) is 11.9 Å². The highest BCUT2D eigenvalue weighted by Crippen LogP contribution is 2.23.